The minimum Gasteiger partial charge on any atom is -0.461 e. The van der Waals surface area contributed by atoms with Crippen molar-refractivity contribution in [2.75, 3.05) is 6.61 Å². The third kappa shape index (κ3) is 6.54. The zero-order valence-corrected chi connectivity index (χ0v) is 27.1. The molecule has 9 heteroatoms. The van der Waals surface area contributed by atoms with Gasteiger partial charge in [0.1, 0.15) is 6.61 Å². The van der Waals surface area contributed by atoms with Crippen LogP contribution in [0.4, 0.5) is 0 Å². The maximum Gasteiger partial charge on any atom is 0.329 e. The second kappa shape index (κ2) is 13.1. The maximum absolute atomic E-state index is 13.7. The minimum atomic E-state index is -0.589. The lowest BCUT2D eigenvalue weighted by molar-refractivity contribution is -0.202. The number of hydrogen-bond donors (Lipinski definition) is 0. The largest absolute Gasteiger partial charge is 0.461 e. The molecule has 1 amide bonds. The van der Waals surface area contributed by atoms with E-state index >= 15 is 0 Å². The fraction of sp³-hybridized carbons (Fsp3) is 0.278. The zero-order valence-electron chi connectivity index (χ0n) is 26.3. The molecule has 0 saturated carbocycles. The van der Waals surface area contributed by atoms with Gasteiger partial charge in [-0.1, -0.05) is 24.3 Å². The standard InChI is InChI=1S/C36H36N2O6S/c1-7-37-32-14-12-26(29(21(2)20-43-24(5)40)16-22(3)38(23(4)39)44-25(6)41)17-30(32)31-18-28(13-15-33(31)37)36(42)35-19-27-10-8-9-11-34(27)45-35/h8-15,17-19,22H,7,16,20H2,1-6H3/b29-21+. The van der Waals surface area contributed by atoms with Gasteiger partial charge in [-0.15, -0.1) is 11.3 Å². The first kappa shape index (κ1) is 31.7. The number of ketones is 1. The molecule has 8 nitrogen and oxygen atoms in total. The molecule has 232 valence electrons. The van der Waals surface area contributed by atoms with E-state index in [1.54, 1.807) is 6.92 Å². The smallest absolute Gasteiger partial charge is 0.329 e. The summed E-state index contributed by atoms with van der Waals surface area (Å²) in [6.45, 7) is 10.5. The average Bonchev–Trinajstić information content (AvgIpc) is 3.59. The van der Waals surface area contributed by atoms with Gasteiger partial charge in [0, 0.05) is 59.4 Å². The van der Waals surface area contributed by atoms with E-state index in [1.165, 1.54) is 32.1 Å². The van der Waals surface area contributed by atoms with E-state index in [1.807, 2.05) is 61.5 Å². The molecule has 0 saturated heterocycles. The number of carbonyl (C=O) groups is 4. The Hall–Kier alpha value is -4.76. The fourth-order valence-corrected chi connectivity index (χ4v) is 6.85. The Morgan fingerprint density at radius 1 is 0.844 bits per heavy atom. The number of aryl methyl sites for hydroxylation is 1. The van der Waals surface area contributed by atoms with E-state index in [0.717, 1.165) is 60.2 Å². The van der Waals surface area contributed by atoms with Crippen molar-refractivity contribution in [3.8, 4) is 0 Å². The highest BCUT2D eigenvalue weighted by Gasteiger charge is 2.24. The van der Waals surface area contributed by atoms with E-state index in [4.69, 9.17) is 9.57 Å². The molecule has 1 atom stereocenters. The van der Waals surface area contributed by atoms with Gasteiger partial charge in [0.25, 0.3) is 5.91 Å². The van der Waals surface area contributed by atoms with Crippen LogP contribution in [0, 0.1) is 0 Å². The van der Waals surface area contributed by atoms with Gasteiger partial charge in [0.05, 0.1) is 10.9 Å². The van der Waals surface area contributed by atoms with Gasteiger partial charge in [0.15, 0.2) is 0 Å². The Morgan fingerprint density at radius 3 is 2.09 bits per heavy atom. The van der Waals surface area contributed by atoms with E-state index in [2.05, 4.69) is 23.6 Å². The first-order valence-corrected chi connectivity index (χ1v) is 15.7. The number of ether oxygens (including phenoxy) is 1. The van der Waals surface area contributed by atoms with Crippen LogP contribution in [0.1, 0.15) is 68.8 Å². The van der Waals surface area contributed by atoms with Crippen LogP contribution >= 0.6 is 11.3 Å². The van der Waals surface area contributed by atoms with Crippen molar-refractivity contribution in [3.05, 3.63) is 88.3 Å². The highest BCUT2D eigenvalue weighted by Crippen LogP contribution is 2.36. The van der Waals surface area contributed by atoms with Crippen LogP contribution in [-0.4, -0.2) is 45.9 Å². The summed E-state index contributed by atoms with van der Waals surface area (Å²) >= 11 is 1.49. The summed E-state index contributed by atoms with van der Waals surface area (Å²) in [5, 5.41) is 4.06. The number of rotatable bonds is 9. The molecule has 5 rings (SSSR count). The van der Waals surface area contributed by atoms with Crippen molar-refractivity contribution in [2.45, 2.75) is 60.5 Å². The fourth-order valence-electron chi connectivity index (χ4n) is 5.83. The predicted octanol–water partition coefficient (Wildman–Crippen LogP) is 7.70. The molecule has 45 heavy (non-hydrogen) atoms. The summed E-state index contributed by atoms with van der Waals surface area (Å²) < 4.78 is 8.64. The van der Waals surface area contributed by atoms with Crippen molar-refractivity contribution < 1.29 is 28.8 Å². The van der Waals surface area contributed by atoms with E-state index in [9.17, 15) is 19.2 Å². The molecule has 0 N–H and O–H groups in total. The molecule has 0 aliphatic rings. The summed E-state index contributed by atoms with van der Waals surface area (Å²) in [4.78, 5) is 55.3. The van der Waals surface area contributed by atoms with Crippen LogP contribution in [0.15, 0.2) is 72.3 Å². The predicted molar refractivity (Wildman–Crippen MR) is 178 cm³/mol. The number of fused-ring (bicyclic) bond motifs is 4. The van der Waals surface area contributed by atoms with Crippen molar-refractivity contribution in [1.29, 1.82) is 0 Å². The number of carbonyl (C=O) groups excluding carboxylic acids is 4. The molecule has 3 aromatic carbocycles. The van der Waals surface area contributed by atoms with Crippen molar-refractivity contribution >= 4 is 72.4 Å². The van der Waals surface area contributed by atoms with Gasteiger partial charge in [-0.25, -0.2) is 0 Å². The van der Waals surface area contributed by atoms with Crippen LogP contribution in [0.3, 0.4) is 0 Å². The number of aromatic nitrogens is 1. The second-order valence-corrected chi connectivity index (χ2v) is 12.3. The van der Waals surface area contributed by atoms with Crippen LogP contribution in [0.25, 0.3) is 37.5 Å². The summed E-state index contributed by atoms with van der Waals surface area (Å²) in [5.41, 5.74) is 5.20. The van der Waals surface area contributed by atoms with Crippen LogP contribution in [0.2, 0.25) is 0 Å². The topological polar surface area (TPSA) is 94.9 Å². The first-order valence-electron chi connectivity index (χ1n) is 14.9. The van der Waals surface area contributed by atoms with Gasteiger partial charge >= 0.3 is 11.9 Å². The van der Waals surface area contributed by atoms with Crippen molar-refractivity contribution in [3.63, 3.8) is 0 Å². The number of esters is 1. The molecular weight excluding hydrogens is 588 g/mol. The van der Waals surface area contributed by atoms with Gasteiger partial charge < -0.3 is 14.1 Å². The third-order valence-electron chi connectivity index (χ3n) is 7.89. The number of nitrogens with zero attached hydrogens (tertiary/aromatic N) is 2. The molecule has 2 aromatic heterocycles. The summed E-state index contributed by atoms with van der Waals surface area (Å²) in [6.07, 6.45) is 0.341. The molecule has 0 aliphatic heterocycles. The lowest BCUT2D eigenvalue weighted by atomic mass is 9.93. The normalized spacial score (nSPS) is 12.7. The molecule has 0 aliphatic carbocycles. The lowest BCUT2D eigenvalue weighted by Gasteiger charge is -2.27. The lowest BCUT2D eigenvalue weighted by Crippen LogP contribution is -2.38. The Balaban J connectivity index is 1.62. The van der Waals surface area contributed by atoms with Gasteiger partial charge in [-0.05, 0) is 91.8 Å². The number of hydrogen-bond acceptors (Lipinski definition) is 7. The van der Waals surface area contributed by atoms with E-state index in [-0.39, 0.29) is 12.4 Å². The Kier molecular flexibility index (Phi) is 9.20. The van der Waals surface area contributed by atoms with E-state index < -0.39 is 23.9 Å². The third-order valence-corrected chi connectivity index (χ3v) is 9.00. The summed E-state index contributed by atoms with van der Waals surface area (Å²) in [6, 6.07) is 21.5. The van der Waals surface area contributed by atoms with E-state index in [0.29, 0.717) is 16.9 Å². The Labute approximate surface area is 265 Å². The van der Waals surface area contributed by atoms with Crippen LogP contribution in [-0.2, 0) is 30.5 Å². The minimum absolute atomic E-state index is 0.0203. The number of thiophene rings is 1. The maximum atomic E-state index is 13.7. The highest BCUT2D eigenvalue weighted by atomic mass is 32.1. The zero-order chi connectivity index (χ0) is 32.4. The monoisotopic (exact) mass is 624 g/mol. The quantitative estimate of drug-likeness (QED) is 0.0948. The second-order valence-electron chi connectivity index (χ2n) is 11.2. The number of hydroxylamine groups is 2. The SMILES string of the molecule is CCn1c2ccc(C(=O)c3cc4ccccc4s3)cc2c2cc(/C(CC(C)N(OC(C)=O)C(C)=O)=C(\C)COC(C)=O)ccc21. The summed E-state index contributed by atoms with van der Waals surface area (Å²) in [7, 11) is 0. The average molecular weight is 625 g/mol. The molecule has 0 bridgehead atoms. The number of amides is 1. The summed E-state index contributed by atoms with van der Waals surface area (Å²) in [5.74, 6) is -1.40. The first-order chi connectivity index (χ1) is 21.5. The molecule has 1 unspecified atom stereocenters. The van der Waals surface area contributed by atoms with Crippen molar-refractivity contribution in [1.82, 2.24) is 9.63 Å². The molecule has 0 radical (unpaired) electrons. The van der Waals surface area contributed by atoms with Crippen LogP contribution in [0.5, 0.6) is 0 Å². The molecule has 0 fully saturated rings. The van der Waals surface area contributed by atoms with Gasteiger partial charge in [0.2, 0.25) is 5.78 Å². The Bertz CT molecular complexity index is 1970. The van der Waals surface area contributed by atoms with Crippen molar-refractivity contribution in [2.24, 2.45) is 0 Å². The Morgan fingerprint density at radius 2 is 1.49 bits per heavy atom. The highest BCUT2D eigenvalue weighted by molar-refractivity contribution is 7.21. The van der Waals surface area contributed by atoms with Gasteiger partial charge in [-0.2, -0.15) is 5.06 Å². The number of benzene rings is 3. The van der Waals surface area contributed by atoms with Gasteiger partial charge in [-0.3, -0.25) is 19.2 Å². The molecule has 0 spiro atoms. The molecule has 2 heterocycles. The molecular formula is C36H36N2O6S. The van der Waals surface area contributed by atoms with Crippen LogP contribution < -0.4 is 0 Å². The molecule has 5 aromatic rings.